The van der Waals surface area contributed by atoms with Crippen LogP contribution in [-0.2, 0) is 19.0 Å². The molecule has 0 bridgehead atoms. The third-order valence-corrected chi connectivity index (χ3v) is 3.76. The van der Waals surface area contributed by atoms with Crippen LogP contribution < -0.4 is 29.6 Å². The van der Waals surface area contributed by atoms with Gasteiger partial charge in [-0.3, -0.25) is 0 Å². The number of rotatable bonds is 2. The topological polar surface area (TPSA) is 3.24 Å². The van der Waals surface area contributed by atoms with Gasteiger partial charge < -0.3 is 29.7 Å². The van der Waals surface area contributed by atoms with Gasteiger partial charge in [-0.2, -0.15) is 0 Å². The predicted octanol–water partition coefficient (Wildman–Crippen LogP) is -0.223. The number of nitrogens with zero attached hydrogens (tertiary/aromatic N) is 1. The maximum atomic E-state index is 5.02. The molecule has 0 spiro atoms. The van der Waals surface area contributed by atoms with Crippen LogP contribution in [0, 0.1) is 5.92 Å². The second-order valence-corrected chi connectivity index (χ2v) is 5.42. The molecular weight excluding hydrogens is 257 g/mol. The monoisotopic (exact) mass is 273 g/mol. The molecule has 0 saturated carbocycles. The van der Waals surface area contributed by atoms with Crippen molar-refractivity contribution in [2.24, 2.45) is 5.92 Å². The average molecular weight is 273 g/mol. The van der Waals surface area contributed by atoms with E-state index in [1.54, 1.807) is 0 Å². The fraction of sp³-hybridized carbons (Fsp3) is 0.462. The summed E-state index contributed by atoms with van der Waals surface area (Å²) in [5.41, 5.74) is 1.45. The number of hydrogen-bond acceptors (Lipinski definition) is 2. The largest absolute Gasteiger partial charge is 1.00 e. The van der Waals surface area contributed by atoms with E-state index in [0.29, 0.717) is 4.32 Å². The Labute approximate surface area is 137 Å². The maximum Gasteiger partial charge on any atom is 1.00 e. The van der Waals surface area contributed by atoms with Gasteiger partial charge >= 0.3 is 29.6 Å². The first kappa shape index (κ1) is 15.4. The van der Waals surface area contributed by atoms with Crippen molar-refractivity contribution < 1.29 is 29.6 Å². The van der Waals surface area contributed by atoms with Crippen LogP contribution in [0.4, 0.5) is 0 Å². The van der Waals surface area contributed by atoms with E-state index < -0.39 is 0 Å². The summed E-state index contributed by atoms with van der Waals surface area (Å²) in [5.74, 6) is 0.794. The molecule has 0 aliphatic carbocycles. The van der Waals surface area contributed by atoms with Gasteiger partial charge in [0.15, 0.2) is 0 Å². The zero-order chi connectivity index (χ0) is 11.4. The van der Waals surface area contributed by atoms with Gasteiger partial charge in [0.05, 0.1) is 0 Å². The molecule has 1 aliphatic rings. The van der Waals surface area contributed by atoms with E-state index in [9.17, 15) is 0 Å². The van der Waals surface area contributed by atoms with Crippen molar-refractivity contribution in [3.05, 3.63) is 35.9 Å². The first-order chi connectivity index (χ1) is 7.75. The third kappa shape index (κ3) is 4.84. The van der Waals surface area contributed by atoms with Gasteiger partial charge in [0.25, 0.3) is 0 Å². The van der Waals surface area contributed by atoms with Crippen molar-refractivity contribution in [1.29, 1.82) is 0 Å². The molecule has 0 radical (unpaired) electrons. The van der Waals surface area contributed by atoms with Crippen LogP contribution in [0.2, 0.25) is 0 Å². The number of likely N-dealkylation sites (tertiary alicyclic amines) is 1. The molecule has 1 aliphatic heterocycles. The first-order valence-corrected chi connectivity index (χ1v) is 6.57. The summed E-state index contributed by atoms with van der Waals surface area (Å²) in [6, 6.07) is 10.7. The van der Waals surface area contributed by atoms with E-state index >= 15 is 0 Å². The van der Waals surface area contributed by atoms with Gasteiger partial charge in [0, 0.05) is 13.1 Å². The van der Waals surface area contributed by atoms with E-state index in [2.05, 4.69) is 35.2 Å². The van der Waals surface area contributed by atoms with Crippen LogP contribution in [0.5, 0.6) is 0 Å². The van der Waals surface area contributed by atoms with Crippen LogP contribution >= 0.6 is 12.2 Å². The predicted molar refractivity (Wildman–Crippen MR) is 74.4 cm³/mol. The molecule has 1 aromatic carbocycles. The molecule has 1 saturated heterocycles. The molecule has 2 rings (SSSR count). The summed E-state index contributed by atoms with van der Waals surface area (Å²) in [5, 5.41) is 0. The zero-order valence-corrected chi connectivity index (χ0v) is 13.9. The Morgan fingerprint density at radius 2 is 1.82 bits per heavy atom. The Morgan fingerprint density at radius 3 is 2.35 bits per heavy atom. The van der Waals surface area contributed by atoms with Crippen LogP contribution in [0.15, 0.2) is 30.3 Å². The van der Waals surface area contributed by atoms with Crippen molar-refractivity contribution in [1.82, 2.24) is 4.90 Å². The standard InChI is InChI=1S/C13H17NS2.Na/c15-13(16)14-8-6-12(7-9-14)10-11-4-2-1-3-5-11;/h1-5,12H,6-10H2,(H,15,16);/q;+1/p-1. The van der Waals surface area contributed by atoms with Gasteiger partial charge in [-0.25, -0.2) is 0 Å². The molecule has 0 amide bonds. The summed E-state index contributed by atoms with van der Waals surface area (Å²) in [4.78, 5) is 2.14. The van der Waals surface area contributed by atoms with E-state index in [-0.39, 0.29) is 29.6 Å². The molecule has 0 atom stereocenters. The van der Waals surface area contributed by atoms with E-state index in [4.69, 9.17) is 24.8 Å². The fourth-order valence-corrected chi connectivity index (χ4v) is 2.63. The molecule has 0 unspecified atom stereocenters. The van der Waals surface area contributed by atoms with Gasteiger partial charge in [0.2, 0.25) is 0 Å². The smallest absolute Gasteiger partial charge is 0.411 e. The summed E-state index contributed by atoms with van der Waals surface area (Å²) in [7, 11) is 0. The summed E-state index contributed by atoms with van der Waals surface area (Å²) < 4.78 is 0.637. The van der Waals surface area contributed by atoms with E-state index in [1.165, 1.54) is 24.8 Å². The summed E-state index contributed by atoms with van der Waals surface area (Å²) >= 11 is 10.0. The van der Waals surface area contributed by atoms with Crippen molar-refractivity contribution in [3.63, 3.8) is 0 Å². The quantitative estimate of drug-likeness (QED) is 0.417. The number of benzene rings is 1. The van der Waals surface area contributed by atoms with Crippen molar-refractivity contribution in [2.75, 3.05) is 13.1 Å². The Kier molecular flexibility index (Phi) is 6.97. The molecule has 0 aromatic heterocycles. The van der Waals surface area contributed by atoms with Crippen molar-refractivity contribution >= 4 is 29.2 Å². The molecule has 86 valence electrons. The van der Waals surface area contributed by atoms with Crippen LogP contribution in [0.3, 0.4) is 0 Å². The molecule has 1 aromatic rings. The maximum absolute atomic E-state index is 5.02. The Balaban J connectivity index is 0.00000144. The second kappa shape index (κ2) is 7.70. The average Bonchev–Trinajstić information content (AvgIpc) is 2.31. The first-order valence-electron chi connectivity index (χ1n) is 5.75. The molecule has 1 nitrogen and oxygen atoms in total. The minimum atomic E-state index is 0. The normalized spacial score (nSPS) is 16.4. The minimum absolute atomic E-state index is 0. The van der Waals surface area contributed by atoms with Crippen LogP contribution in [0.1, 0.15) is 18.4 Å². The Bertz CT molecular complexity index is 348. The van der Waals surface area contributed by atoms with Gasteiger partial charge in [-0.1, -0.05) is 34.7 Å². The van der Waals surface area contributed by atoms with Gasteiger partial charge in [-0.15, -0.1) is 0 Å². The minimum Gasteiger partial charge on any atom is -0.411 e. The molecular formula is C13H16NNaS2. The van der Waals surface area contributed by atoms with Crippen LogP contribution in [-0.4, -0.2) is 22.3 Å². The SMILES string of the molecule is S=C([S-])N1CCC(Cc2ccccc2)CC1.[Na+]. The van der Waals surface area contributed by atoms with Gasteiger partial charge in [0.1, 0.15) is 0 Å². The van der Waals surface area contributed by atoms with E-state index in [1.807, 2.05) is 0 Å². The molecule has 1 fully saturated rings. The molecule has 0 N–H and O–H groups in total. The third-order valence-electron chi connectivity index (χ3n) is 3.24. The molecule has 1 heterocycles. The van der Waals surface area contributed by atoms with Crippen molar-refractivity contribution in [2.45, 2.75) is 19.3 Å². The molecule has 17 heavy (non-hydrogen) atoms. The Hall–Kier alpha value is 0.330. The van der Waals surface area contributed by atoms with E-state index in [0.717, 1.165) is 19.0 Å². The second-order valence-electron chi connectivity index (χ2n) is 4.39. The summed E-state index contributed by atoms with van der Waals surface area (Å²) in [6.45, 7) is 2.08. The van der Waals surface area contributed by atoms with Crippen LogP contribution in [0.25, 0.3) is 0 Å². The zero-order valence-electron chi connectivity index (χ0n) is 10.3. The summed E-state index contributed by atoms with van der Waals surface area (Å²) in [6.07, 6.45) is 3.62. The molecule has 4 heteroatoms. The van der Waals surface area contributed by atoms with Gasteiger partial charge in [-0.05, 0) is 30.7 Å². The number of piperidine rings is 1. The number of thiocarbonyl (C=S) groups is 1. The Morgan fingerprint density at radius 1 is 1.24 bits per heavy atom. The number of hydrogen-bond donors (Lipinski definition) is 0. The van der Waals surface area contributed by atoms with Crippen molar-refractivity contribution in [3.8, 4) is 0 Å². The fourth-order valence-electron chi connectivity index (χ4n) is 2.27.